The molecule has 4 unspecified atom stereocenters. The highest BCUT2D eigenvalue weighted by molar-refractivity contribution is 4.87. The lowest BCUT2D eigenvalue weighted by atomic mass is 9.93. The van der Waals surface area contributed by atoms with Crippen LogP contribution in [0.15, 0.2) is 0 Å². The van der Waals surface area contributed by atoms with Crippen LogP contribution in [0.5, 0.6) is 0 Å². The van der Waals surface area contributed by atoms with Gasteiger partial charge < -0.3 is 10.1 Å². The highest BCUT2D eigenvalue weighted by atomic mass is 16.5. The van der Waals surface area contributed by atoms with Crippen LogP contribution < -0.4 is 5.32 Å². The summed E-state index contributed by atoms with van der Waals surface area (Å²) < 4.78 is 5.57. The van der Waals surface area contributed by atoms with Crippen LogP contribution in [0.2, 0.25) is 0 Å². The highest BCUT2D eigenvalue weighted by Crippen LogP contribution is 2.25. The first-order valence-electron chi connectivity index (χ1n) is 7.79. The lowest BCUT2D eigenvalue weighted by molar-refractivity contribution is 0.0777. The molecular weight excluding hydrogens is 224 g/mol. The number of likely N-dealkylation sites (N-methyl/N-ethyl adjacent to an activating group) is 1. The molecule has 1 N–H and O–H groups in total. The van der Waals surface area contributed by atoms with Crippen LogP contribution in [0.4, 0.5) is 0 Å². The monoisotopic (exact) mass is 254 g/mol. The van der Waals surface area contributed by atoms with Crippen molar-refractivity contribution in [3.05, 3.63) is 0 Å². The molecule has 2 rings (SSSR count). The van der Waals surface area contributed by atoms with Crippen LogP contribution >= 0.6 is 0 Å². The van der Waals surface area contributed by atoms with E-state index in [-0.39, 0.29) is 0 Å². The fraction of sp³-hybridized carbons (Fsp3) is 1.00. The third-order valence-electron chi connectivity index (χ3n) is 4.78. The minimum Gasteiger partial charge on any atom is -0.381 e. The average molecular weight is 254 g/mol. The number of hydrogen-bond donors (Lipinski definition) is 1. The summed E-state index contributed by atoms with van der Waals surface area (Å²) in [7, 11) is 0. The molecule has 0 aromatic rings. The Hall–Kier alpha value is -0.120. The molecule has 0 aromatic heterocycles. The van der Waals surface area contributed by atoms with Crippen molar-refractivity contribution in [3.8, 4) is 0 Å². The first-order valence-corrected chi connectivity index (χ1v) is 7.79. The standard InChI is InChI=1S/C15H30N2O/c1-4-16-15(14-8-9-18-11-14)10-17-12(2)6-5-7-13(17)3/h12-16H,4-11H2,1-3H3. The molecule has 2 heterocycles. The topological polar surface area (TPSA) is 24.5 Å². The maximum Gasteiger partial charge on any atom is 0.0510 e. The molecule has 3 nitrogen and oxygen atoms in total. The Morgan fingerprint density at radius 1 is 1.22 bits per heavy atom. The van der Waals surface area contributed by atoms with Gasteiger partial charge in [0.15, 0.2) is 0 Å². The Morgan fingerprint density at radius 2 is 1.94 bits per heavy atom. The largest absolute Gasteiger partial charge is 0.381 e. The van der Waals surface area contributed by atoms with Gasteiger partial charge in [-0.3, -0.25) is 4.90 Å². The van der Waals surface area contributed by atoms with Gasteiger partial charge in [0, 0.05) is 37.2 Å². The van der Waals surface area contributed by atoms with Gasteiger partial charge in [-0.1, -0.05) is 13.3 Å². The number of likely N-dealkylation sites (tertiary alicyclic amines) is 1. The van der Waals surface area contributed by atoms with Gasteiger partial charge >= 0.3 is 0 Å². The van der Waals surface area contributed by atoms with Gasteiger partial charge in [0.2, 0.25) is 0 Å². The molecular formula is C15H30N2O. The molecule has 18 heavy (non-hydrogen) atoms. The minimum absolute atomic E-state index is 0.612. The summed E-state index contributed by atoms with van der Waals surface area (Å²) >= 11 is 0. The molecule has 2 aliphatic rings. The molecule has 106 valence electrons. The summed E-state index contributed by atoms with van der Waals surface area (Å²) in [5.41, 5.74) is 0. The van der Waals surface area contributed by atoms with Crippen molar-refractivity contribution in [3.63, 3.8) is 0 Å². The SMILES string of the molecule is CCNC(CN1C(C)CCCC1C)C1CCOC1. The molecule has 0 spiro atoms. The van der Waals surface area contributed by atoms with Gasteiger partial charge in [0.05, 0.1) is 6.61 Å². The van der Waals surface area contributed by atoms with E-state index in [1.807, 2.05) is 0 Å². The van der Waals surface area contributed by atoms with Crippen LogP contribution in [0.25, 0.3) is 0 Å². The van der Waals surface area contributed by atoms with Crippen LogP contribution in [0.3, 0.4) is 0 Å². The molecule has 0 aliphatic carbocycles. The first-order chi connectivity index (χ1) is 8.72. The molecule has 2 aliphatic heterocycles. The molecule has 0 radical (unpaired) electrons. The summed E-state index contributed by atoms with van der Waals surface area (Å²) in [6, 6.07) is 2.11. The van der Waals surface area contributed by atoms with Gasteiger partial charge in [0.1, 0.15) is 0 Å². The second-order valence-corrected chi connectivity index (χ2v) is 6.11. The number of ether oxygens (including phenoxy) is 1. The zero-order valence-electron chi connectivity index (χ0n) is 12.3. The third-order valence-corrected chi connectivity index (χ3v) is 4.78. The lowest BCUT2D eigenvalue weighted by Gasteiger charge is -2.42. The van der Waals surface area contributed by atoms with Gasteiger partial charge in [0.25, 0.3) is 0 Å². The van der Waals surface area contributed by atoms with Crippen molar-refractivity contribution >= 4 is 0 Å². The third kappa shape index (κ3) is 3.46. The van der Waals surface area contributed by atoms with E-state index < -0.39 is 0 Å². The van der Waals surface area contributed by atoms with Gasteiger partial charge in [-0.15, -0.1) is 0 Å². The van der Waals surface area contributed by atoms with E-state index in [0.717, 1.165) is 31.8 Å². The van der Waals surface area contributed by atoms with Crippen LogP contribution in [-0.2, 0) is 4.74 Å². The van der Waals surface area contributed by atoms with Crippen molar-refractivity contribution in [1.82, 2.24) is 10.2 Å². The quantitative estimate of drug-likeness (QED) is 0.814. The summed E-state index contributed by atoms with van der Waals surface area (Å²) in [6.45, 7) is 11.2. The molecule has 4 atom stereocenters. The number of nitrogens with one attached hydrogen (secondary N) is 1. The Morgan fingerprint density at radius 3 is 2.50 bits per heavy atom. The first kappa shape index (κ1) is 14.3. The van der Waals surface area contributed by atoms with E-state index in [9.17, 15) is 0 Å². The molecule has 0 saturated carbocycles. The Labute approximate surface area is 112 Å². The maximum atomic E-state index is 5.57. The van der Waals surface area contributed by atoms with E-state index in [1.54, 1.807) is 0 Å². The van der Waals surface area contributed by atoms with Crippen molar-refractivity contribution in [2.24, 2.45) is 5.92 Å². The van der Waals surface area contributed by atoms with Crippen molar-refractivity contribution in [1.29, 1.82) is 0 Å². The van der Waals surface area contributed by atoms with E-state index >= 15 is 0 Å². The predicted octanol–water partition coefficient (Wildman–Crippen LogP) is 2.26. The smallest absolute Gasteiger partial charge is 0.0510 e. The fourth-order valence-electron chi connectivity index (χ4n) is 3.57. The van der Waals surface area contributed by atoms with E-state index in [4.69, 9.17) is 4.74 Å². The Bertz CT molecular complexity index is 231. The second-order valence-electron chi connectivity index (χ2n) is 6.11. The molecule has 0 bridgehead atoms. The average Bonchev–Trinajstić information content (AvgIpc) is 2.86. The van der Waals surface area contributed by atoms with Crippen LogP contribution in [-0.4, -0.2) is 49.3 Å². The van der Waals surface area contributed by atoms with Gasteiger partial charge in [-0.05, 0) is 39.7 Å². The Kier molecular flexibility index (Phi) is 5.46. The number of piperidine rings is 1. The minimum atomic E-state index is 0.612. The highest BCUT2D eigenvalue weighted by Gasteiger charge is 2.31. The number of rotatable bonds is 5. The molecule has 2 fully saturated rings. The van der Waals surface area contributed by atoms with E-state index in [2.05, 4.69) is 31.0 Å². The molecule has 3 heteroatoms. The van der Waals surface area contributed by atoms with Crippen molar-refractivity contribution < 1.29 is 4.74 Å². The summed E-state index contributed by atoms with van der Waals surface area (Å²) in [6.07, 6.45) is 5.36. The lowest BCUT2D eigenvalue weighted by Crippen LogP contribution is -2.52. The predicted molar refractivity (Wildman–Crippen MR) is 75.9 cm³/mol. The normalized spacial score (nSPS) is 35.8. The van der Waals surface area contributed by atoms with Crippen LogP contribution in [0, 0.1) is 5.92 Å². The summed E-state index contributed by atoms with van der Waals surface area (Å²) in [5, 5.41) is 3.69. The zero-order valence-corrected chi connectivity index (χ0v) is 12.3. The van der Waals surface area contributed by atoms with Gasteiger partial charge in [-0.2, -0.15) is 0 Å². The summed E-state index contributed by atoms with van der Waals surface area (Å²) in [5.74, 6) is 0.714. The van der Waals surface area contributed by atoms with Crippen molar-refractivity contribution in [2.75, 3.05) is 26.3 Å². The van der Waals surface area contributed by atoms with E-state index in [1.165, 1.54) is 32.2 Å². The Balaban J connectivity index is 1.93. The van der Waals surface area contributed by atoms with Gasteiger partial charge in [-0.25, -0.2) is 0 Å². The van der Waals surface area contributed by atoms with E-state index in [0.29, 0.717) is 12.0 Å². The fourth-order valence-corrected chi connectivity index (χ4v) is 3.57. The maximum absolute atomic E-state index is 5.57. The molecule has 0 aromatic carbocycles. The summed E-state index contributed by atoms with van der Waals surface area (Å²) in [4.78, 5) is 2.72. The van der Waals surface area contributed by atoms with Crippen LogP contribution in [0.1, 0.15) is 46.5 Å². The number of nitrogens with zero attached hydrogens (tertiary/aromatic N) is 1. The number of hydrogen-bond acceptors (Lipinski definition) is 3. The molecule has 0 amide bonds. The van der Waals surface area contributed by atoms with Crippen molar-refractivity contribution in [2.45, 2.75) is 64.6 Å². The molecule has 2 saturated heterocycles. The zero-order chi connectivity index (χ0) is 13.0. The second kappa shape index (κ2) is 6.88.